The summed E-state index contributed by atoms with van der Waals surface area (Å²) in [6, 6.07) is 0.352. The summed E-state index contributed by atoms with van der Waals surface area (Å²) in [6.45, 7) is 5.62. The van der Waals surface area contributed by atoms with E-state index in [9.17, 15) is 47.4 Å². The van der Waals surface area contributed by atoms with Crippen LogP contribution in [0.1, 0.15) is 68.5 Å². The summed E-state index contributed by atoms with van der Waals surface area (Å²) in [7, 11) is 0. The maximum absolute atomic E-state index is 14.0. The number of carboxylic acid groups (broad SMARTS) is 1. The van der Waals surface area contributed by atoms with Gasteiger partial charge in [0.1, 0.15) is 79.8 Å². The number of carbonyl (C=O) groups is 5. The topological polar surface area (TPSA) is 382 Å². The van der Waals surface area contributed by atoms with Crippen molar-refractivity contribution >= 4 is 64.0 Å². The number of anilines is 3. The van der Waals surface area contributed by atoms with Crippen molar-refractivity contribution in [3.63, 3.8) is 0 Å². The Bertz CT molecular complexity index is 4250. The third-order valence-electron chi connectivity index (χ3n) is 15.4. The number of nitrogens with one attached hydrogen (secondary N) is 3. The van der Waals surface area contributed by atoms with E-state index in [1.807, 2.05) is 0 Å². The molecule has 7 N–H and O–H groups in total. The molecule has 35 heteroatoms. The van der Waals surface area contributed by atoms with Crippen molar-refractivity contribution < 1.29 is 75.8 Å². The van der Waals surface area contributed by atoms with Gasteiger partial charge in [-0.3, -0.25) is 19.2 Å². The molecular weight excluding hydrogens is 1220 g/mol. The molecule has 0 unspecified atom stereocenters. The zero-order chi connectivity index (χ0) is 64.2. The first-order valence-corrected chi connectivity index (χ1v) is 28.5. The number of hydrogen-bond donors (Lipinski definition) is 6. The van der Waals surface area contributed by atoms with Gasteiger partial charge in [-0.05, 0) is 39.0 Å². The van der Waals surface area contributed by atoms with Crippen LogP contribution >= 0.6 is 0 Å². The molecule has 9 aromatic rings. The Hall–Kier alpha value is -11.4. The minimum Gasteiger partial charge on any atom is -0.486 e. The van der Waals surface area contributed by atoms with Crippen molar-refractivity contribution in [3.8, 4) is 34.9 Å². The van der Waals surface area contributed by atoms with E-state index >= 15 is 0 Å². The van der Waals surface area contributed by atoms with Crippen LogP contribution in [0.15, 0.2) is 74.0 Å². The Morgan fingerprint density at radius 3 is 1.24 bits per heavy atom. The van der Waals surface area contributed by atoms with E-state index in [2.05, 4.69) is 61.2 Å². The minimum atomic E-state index is -1.14. The Labute approximate surface area is 516 Å². The van der Waals surface area contributed by atoms with Crippen LogP contribution in [0.25, 0.3) is 16.9 Å². The number of ether oxygens (including phenoxy) is 6. The van der Waals surface area contributed by atoms with E-state index in [1.54, 1.807) is 43.0 Å². The number of aliphatic hydroxyl groups excluding tert-OH is 1. The third kappa shape index (κ3) is 11.5. The molecule has 476 valence electrons. The quantitative estimate of drug-likeness (QED) is 0.145. The second kappa shape index (κ2) is 24.2. The van der Waals surface area contributed by atoms with Crippen LogP contribution in [0.5, 0.6) is 34.9 Å². The number of amides is 4. The van der Waals surface area contributed by atoms with Gasteiger partial charge in [0.15, 0.2) is 57.7 Å². The zero-order valence-electron chi connectivity index (χ0n) is 48.8. The average Bonchev–Trinajstić information content (AvgIpc) is 1.48. The van der Waals surface area contributed by atoms with E-state index in [1.165, 1.54) is 61.4 Å². The highest BCUT2D eigenvalue weighted by Crippen LogP contribution is 2.39. The number of aromatic nitrogens is 12. The highest BCUT2D eigenvalue weighted by molar-refractivity contribution is 6.01. The number of aliphatic carboxylic acids is 1. The Kier molecular flexibility index (Phi) is 15.7. The molecule has 0 aliphatic carbocycles. The van der Waals surface area contributed by atoms with Gasteiger partial charge in [-0.1, -0.05) is 0 Å². The van der Waals surface area contributed by atoms with Crippen LogP contribution in [-0.2, 0) is 29.2 Å². The fourth-order valence-corrected chi connectivity index (χ4v) is 10.8. The minimum absolute atomic E-state index is 0.0277. The molecule has 15 heterocycles. The van der Waals surface area contributed by atoms with Crippen molar-refractivity contribution in [1.29, 1.82) is 0 Å². The van der Waals surface area contributed by atoms with Crippen molar-refractivity contribution in [3.05, 3.63) is 125 Å². The molecular formula is C57H54F3N19O13. The molecule has 6 aliphatic rings. The highest BCUT2D eigenvalue weighted by Gasteiger charge is 2.39. The number of primary amides is 1. The average molecular weight is 1270 g/mol. The first-order valence-electron chi connectivity index (χ1n) is 28.5. The van der Waals surface area contributed by atoms with Gasteiger partial charge >= 0.3 is 5.97 Å². The maximum atomic E-state index is 14.0. The molecule has 0 radical (unpaired) electrons. The van der Waals surface area contributed by atoms with Gasteiger partial charge in [-0.15, -0.1) is 0 Å². The summed E-state index contributed by atoms with van der Waals surface area (Å²) >= 11 is 0. The number of nitrogens with zero attached hydrogens (tertiary/aromatic N) is 15. The Morgan fingerprint density at radius 1 is 0.522 bits per heavy atom. The highest BCUT2D eigenvalue weighted by atomic mass is 19.1. The molecule has 15 rings (SSSR count). The molecule has 0 aromatic carbocycles. The summed E-state index contributed by atoms with van der Waals surface area (Å²) in [5.74, 6) is -2.02. The van der Waals surface area contributed by atoms with Gasteiger partial charge in [0.2, 0.25) is 23.5 Å². The summed E-state index contributed by atoms with van der Waals surface area (Å²) in [5, 5.41) is 40.7. The maximum Gasteiger partial charge on any atom is 0.329 e. The third-order valence-corrected chi connectivity index (χ3v) is 15.4. The van der Waals surface area contributed by atoms with Crippen LogP contribution in [-0.4, -0.2) is 181 Å². The number of halogens is 3. The number of aliphatic hydroxyl groups is 1. The second-order valence-electron chi connectivity index (χ2n) is 22.1. The molecule has 6 bridgehead atoms. The SMILES string of the molecule is C[C@@H]1COc2ncc(F)cc2CN2c3nc4c(cnn4cc3OC[C@H]2C(=O)O)C(=O)N1.C[C@@H]1COc2ncc(F)cc2CN2c3nc4c(cnn4cc3OC[C@H]2C(N)=O)C(=O)N1.C[C@@H]1COc2ncc(F)cc2CN2c3nc4c(cnn4cc3OC[C@H]2CO)C(=O)N1. The molecule has 0 saturated carbocycles. The first kappa shape index (κ1) is 59.6. The van der Waals surface area contributed by atoms with Gasteiger partial charge in [0.25, 0.3) is 17.7 Å². The number of rotatable bonds is 3. The molecule has 9 aromatic heterocycles. The standard InChI is InChI=1S/C19H18FN7O4.C19H17FN6O5.C19H19FN6O4/c1-9-7-31-19-10(2-11(20)3-22-19)5-26-13(15(21)28)8-30-14-6-27-16(25-17(14)26)12(4-23-27)18(29)24-9;1-9-7-31-18-10(2-11(20)3-21-18)5-25-13(19(28)29)8-30-14-6-26-15(24-16(14)25)12(4-22-26)17(27)23-9;1-10-8-30-19-11(2-12(20)3-21-19)5-25-13(7-27)9-29-15-6-26-16(24-17(15)25)14(4-22-26)18(28)23-10/h2-4,6,9,13H,5,7-8H2,1H3,(H2,21,28)(H,24,29);2-4,6,9,13H,5,7-8H2,1H3,(H,23,27)(H,28,29);2-4,6,10,13,27H,5,7-9H2,1H3,(H,23,28)/t2*9-,13+;10-,13-/m111/s1. The largest absolute Gasteiger partial charge is 0.486 e. The zero-order valence-corrected chi connectivity index (χ0v) is 48.8. The Morgan fingerprint density at radius 2 is 0.870 bits per heavy atom. The van der Waals surface area contributed by atoms with Crippen molar-refractivity contribution in [2.75, 3.05) is 60.9 Å². The van der Waals surface area contributed by atoms with Gasteiger partial charge in [-0.2, -0.15) is 15.3 Å². The van der Waals surface area contributed by atoms with E-state index in [0.29, 0.717) is 45.2 Å². The van der Waals surface area contributed by atoms with E-state index in [0.717, 1.165) is 18.6 Å². The van der Waals surface area contributed by atoms with Crippen molar-refractivity contribution in [1.82, 2.24) is 74.7 Å². The van der Waals surface area contributed by atoms with Gasteiger partial charge in [0.05, 0.1) is 106 Å². The monoisotopic (exact) mass is 1270 g/mol. The van der Waals surface area contributed by atoms with Gasteiger partial charge in [-0.25, -0.2) is 61.4 Å². The van der Waals surface area contributed by atoms with Crippen LogP contribution in [0.3, 0.4) is 0 Å². The number of fused-ring (bicyclic) bond motifs is 3. The summed E-state index contributed by atoms with van der Waals surface area (Å²) < 4.78 is 80.6. The number of hydrogen-bond acceptors (Lipinski definition) is 24. The van der Waals surface area contributed by atoms with E-state index < -0.39 is 59.4 Å². The lowest BCUT2D eigenvalue weighted by Crippen LogP contribution is -2.51. The summed E-state index contributed by atoms with van der Waals surface area (Å²) in [4.78, 5) is 93.1. The number of nitrogens with two attached hydrogens (primary N) is 1. The lowest BCUT2D eigenvalue weighted by molar-refractivity contribution is -0.139. The van der Waals surface area contributed by atoms with Crippen LogP contribution in [0.4, 0.5) is 30.6 Å². The van der Waals surface area contributed by atoms with Gasteiger partial charge in [0, 0.05) is 16.7 Å². The first-order chi connectivity index (χ1) is 44.3. The number of pyridine rings is 3. The molecule has 0 saturated heterocycles. The molecule has 0 spiro atoms. The fourth-order valence-electron chi connectivity index (χ4n) is 10.8. The molecule has 92 heavy (non-hydrogen) atoms. The van der Waals surface area contributed by atoms with E-state index in [-0.39, 0.29) is 147 Å². The fraction of sp³-hybridized carbons (Fsp3) is 0.333. The predicted octanol–water partition coefficient (Wildman–Crippen LogP) is 1.19. The van der Waals surface area contributed by atoms with Crippen LogP contribution < -0.4 is 64.8 Å². The molecule has 32 nitrogen and oxygen atoms in total. The number of carbonyl (C=O) groups excluding carboxylic acids is 4. The smallest absolute Gasteiger partial charge is 0.329 e. The van der Waals surface area contributed by atoms with Crippen molar-refractivity contribution in [2.45, 2.75) is 76.7 Å². The van der Waals surface area contributed by atoms with E-state index in [4.69, 9.17) is 34.2 Å². The van der Waals surface area contributed by atoms with Crippen LogP contribution in [0, 0.1) is 17.5 Å². The second-order valence-corrected chi connectivity index (χ2v) is 22.1. The predicted molar refractivity (Wildman–Crippen MR) is 309 cm³/mol. The molecule has 4 amide bonds. The summed E-state index contributed by atoms with van der Waals surface area (Å²) in [5.41, 5.74) is 8.46. The lowest BCUT2D eigenvalue weighted by Gasteiger charge is -2.36. The lowest BCUT2D eigenvalue weighted by atomic mass is 10.1. The van der Waals surface area contributed by atoms with Gasteiger partial charge < -0.3 is 75.0 Å². The van der Waals surface area contributed by atoms with Crippen molar-refractivity contribution in [2.24, 2.45) is 5.73 Å². The molecule has 6 atom stereocenters. The molecule has 0 fully saturated rings. The summed E-state index contributed by atoms with van der Waals surface area (Å²) in [6.07, 6.45) is 12.1. The number of carboxylic acids is 1. The normalized spacial score (nSPS) is 20.7. The Balaban J connectivity index is 0.000000126. The van der Waals surface area contributed by atoms with Crippen LogP contribution in [0.2, 0.25) is 0 Å². The molecule has 6 aliphatic heterocycles.